The van der Waals surface area contributed by atoms with Crippen LogP contribution in [0.3, 0.4) is 0 Å². The largest absolute Gasteiger partial charge is 0.396 e. The standard InChI is InChI=1S/C12H14O3/c1-2-9-3-5-10(6-4-9)12(15)11(14)7-8-13/h1,3-6,11-15H,7-8H2. The van der Waals surface area contributed by atoms with E-state index in [1.165, 1.54) is 0 Å². The van der Waals surface area contributed by atoms with Crippen molar-refractivity contribution in [1.82, 2.24) is 0 Å². The molecule has 80 valence electrons. The van der Waals surface area contributed by atoms with Crippen LogP contribution < -0.4 is 0 Å². The molecule has 0 fully saturated rings. The summed E-state index contributed by atoms with van der Waals surface area (Å²) in [5, 5.41) is 27.7. The summed E-state index contributed by atoms with van der Waals surface area (Å²) in [6.07, 6.45) is 3.40. The van der Waals surface area contributed by atoms with Crippen LogP contribution in [0, 0.1) is 12.3 Å². The monoisotopic (exact) mass is 206 g/mol. The molecule has 0 bridgehead atoms. The van der Waals surface area contributed by atoms with Gasteiger partial charge in [-0.3, -0.25) is 0 Å². The zero-order valence-electron chi connectivity index (χ0n) is 8.30. The highest BCUT2D eigenvalue weighted by atomic mass is 16.3. The van der Waals surface area contributed by atoms with Crippen LogP contribution in [0.25, 0.3) is 0 Å². The van der Waals surface area contributed by atoms with Crippen molar-refractivity contribution >= 4 is 0 Å². The zero-order chi connectivity index (χ0) is 11.3. The van der Waals surface area contributed by atoms with E-state index in [9.17, 15) is 10.2 Å². The van der Waals surface area contributed by atoms with Crippen LogP contribution in [0.4, 0.5) is 0 Å². The average Bonchev–Trinajstić information content (AvgIpc) is 2.28. The first kappa shape index (κ1) is 11.7. The first-order chi connectivity index (χ1) is 7.19. The van der Waals surface area contributed by atoms with Gasteiger partial charge in [-0.25, -0.2) is 0 Å². The van der Waals surface area contributed by atoms with Gasteiger partial charge in [-0.1, -0.05) is 18.1 Å². The summed E-state index contributed by atoms with van der Waals surface area (Å²) < 4.78 is 0. The van der Waals surface area contributed by atoms with E-state index in [0.29, 0.717) is 5.56 Å². The van der Waals surface area contributed by atoms with Gasteiger partial charge in [0.25, 0.3) is 0 Å². The maximum Gasteiger partial charge on any atom is 0.105 e. The van der Waals surface area contributed by atoms with Crippen molar-refractivity contribution in [1.29, 1.82) is 0 Å². The van der Waals surface area contributed by atoms with E-state index in [1.807, 2.05) is 0 Å². The predicted octanol–water partition coefficient (Wildman–Crippen LogP) is 0.445. The minimum absolute atomic E-state index is 0.151. The van der Waals surface area contributed by atoms with Gasteiger partial charge in [0, 0.05) is 12.2 Å². The highest BCUT2D eigenvalue weighted by Gasteiger charge is 2.17. The smallest absolute Gasteiger partial charge is 0.105 e. The van der Waals surface area contributed by atoms with Gasteiger partial charge in [0.1, 0.15) is 6.10 Å². The second-order valence-corrected chi connectivity index (χ2v) is 3.29. The first-order valence-corrected chi connectivity index (χ1v) is 4.72. The summed E-state index contributed by atoms with van der Waals surface area (Å²) in [4.78, 5) is 0. The van der Waals surface area contributed by atoms with Crippen molar-refractivity contribution in [3.63, 3.8) is 0 Å². The third-order valence-corrected chi connectivity index (χ3v) is 2.21. The molecule has 3 nitrogen and oxygen atoms in total. The minimum atomic E-state index is -0.982. The van der Waals surface area contributed by atoms with Crippen LogP contribution in [-0.4, -0.2) is 28.0 Å². The van der Waals surface area contributed by atoms with Gasteiger partial charge in [-0.05, 0) is 24.1 Å². The van der Waals surface area contributed by atoms with Crippen molar-refractivity contribution in [2.24, 2.45) is 0 Å². The lowest BCUT2D eigenvalue weighted by molar-refractivity contribution is 0.00421. The second kappa shape index (κ2) is 5.52. The number of aliphatic hydroxyl groups is 3. The molecule has 0 aromatic heterocycles. The molecule has 0 amide bonds. The Kier molecular flexibility index (Phi) is 4.32. The molecule has 0 heterocycles. The van der Waals surface area contributed by atoms with E-state index >= 15 is 0 Å². The lowest BCUT2D eigenvalue weighted by Gasteiger charge is -2.17. The molecule has 0 spiro atoms. The van der Waals surface area contributed by atoms with Gasteiger partial charge in [-0.2, -0.15) is 0 Å². The van der Waals surface area contributed by atoms with E-state index in [2.05, 4.69) is 5.92 Å². The van der Waals surface area contributed by atoms with Crippen LogP contribution in [0.15, 0.2) is 24.3 Å². The fourth-order valence-electron chi connectivity index (χ4n) is 1.29. The zero-order valence-corrected chi connectivity index (χ0v) is 8.30. The summed E-state index contributed by atoms with van der Waals surface area (Å²) in [5.41, 5.74) is 1.32. The Morgan fingerprint density at radius 3 is 2.27 bits per heavy atom. The van der Waals surface area contributed by atoms with Crippen molar-refractivity contribution in [2.75, 3.05) is 6.61 Å². The lowest BCUT2D eigenvalue weighted by Crippen LogP contribution is -2.19. The van der Waals surface area contributed by atoms with Crippen LogP contribution in [0.1, 0.15) is 23.7 Å². The Morgan fingerprint density at radius 2 is 1.80 bits per heavy atom. The molecule has 0 aliphatic heterocycles. The Balaban J connectivity index is 2.74. The van der Waals surface area contributed by atoms with Crippen LogP contribution in [0.5, 0.6) is 0 Å². The molecule has 2 atom stereocenters. The highest BCUT2D eigenvalue weighted by molar-refractivity contribution is 5.35. The Hall–Kier alpha value is -1.34. The van der Waals surface area contributed by atoms with Gasteiger partial charge in [0.2, 0.25) is 0 Å². The number of hydrogen-bond acceptors (Lipinski definition) is 3. The first-order valence-electron chi connectivity index (χ1n) is 4.72. The molecule has 3 heteroatoms. The topological polar surface area (TPSA) is 60.7 Å². The third kappa shape index (κ3) is 3.07. The number of hydrogen-bond donors (Lipinski definition) is 3. The molecular formula is C12H14O3. The molecule has 0 aliphatic carbocycles. The maximum absolute atomic E-state index is 9.67. The molecule has 2 unspecified atom stereocenters. The maximum atomic E-state index is 9.67. The van der Waals surface area contributed by atoms with Gasteiger partial charge in [0.15, 0.2) is 0 Å². The lowest BCUT2D eigenvalue weighted by atomic mass is 10.0. The van der Waals surface area contributed by atoms with E-state index in [4.69, 9.17) is 11.5 Å². The molecule has 3 N–H and O–H groups in total. The molecule has 0 radical (unpaired) electrons. The fraction of sp³-hybridized carbons (Fsp3) is 0.333. The quantitative estimate of drug-likeness (QED) is 0.627. The van der Waals surface area contributed by atoms with Crippen LogP contribution in [0.2, 0.25) is 0 Å². The summed E-state index contributed by atoms with van der Waals surface area (Å²) in [5.74, 6) is 2.46. The van der Waals surface area contributed by atoms with Crippen molar-refractivity contribution in [3.05, 3.63) is 35.4 Å². The molecular weight excluding hydrogens is 192 g/mol. The molecule has 0 saturated carbocycles. The SMILES string of the molecule is C#Cc1ccc(C(O)C(O)CCO)cc1. The molecule has 15 heavy (non-hydrogen) atoms. The molecule has 1 aromatic rings. The van der Waals surface area contributed by atoms with Crippen LogP contribution in [-0.2, 0) is 0 Å². The van der Waals surface area contributed by atoms with Gasteiger partial charge < -0.3 is 15.3 Å². The van der Waals surface area contributed by atoms with Crippen LogP contribution >= 0.6 is 0 Å². The summed E-state index contributed by atoms with van der Waals surface area (Å²) in [6, 6.07) is 6.73. The predicted molar refractivity (Wildman–Crippen MR) is 57.0 cm³/mol. The van der Waals surface area contributed by atoms with E-state index in [0.717, 1.165) is 5.56 Å². The van der Waals surface area contributed by atoms with E-state index in [-0.39, 0.29) is 13.0 Å². The van der Waals surface area contributed by atoms with Gasteiger partial charge in [0.05, 0.1) is 6.10 Å². The molecule has 0 aliphatic rings. The second-order valence-electron chi connectivity index (χ2n) is 3.29. The Morgan fingerprint density at radius 1 is 1.20 bits per heavy atom. The van der Waals surface area contributed by atoms with Gasteiger partial charge >= 0.3 is 0 Å². The normalized spacial score (nSPS) is 14.3. The molecule has 1 aromatic carbocycles. The summed E-state index contributed by atoms with van der Waals surface area (Å²) in [6.45, 7) is -0.152. The summed E-state index contributed by atoms with van der Waals surface area (Å²) in [7, 11) is 0. The fourth-order valence-corrected chi connectivity index (χ4v) is 1.29. The van der Waals surface area contributed by atoms with Gasteiger partial charge in [-0.15, -0.1) is 6.42 Å². The van der Waals surface area contributed by atoms with E-state index < -0.39 is 12.2 Å². The highest BCUT2D eigenvalue weighted by Crippen LogP contribution is 2.18. The number of terminal acetylenes is 1. The third-order valence-electron chi connectivity index (χ3n) is 2.21. The van der Waals surface area contributed by atoms with E-state index in [1.54, 1.807) is 24.3 Å². The Labute approximate surface area is 89.0 Å². The number of benzene rings is 1. The molecule has 0 saturated heterocycles. The molecule has 1 rings (SSSR count). The van der Waals surface area contributed by atoms with Crippen molar-refractivity contribution in [3.8, 4) is 12.3 Å². The number of rotatable bonds is 4. The minimum Gasteiger partial charge on any atom is -0.396 e. The van der Waals surface area contributed by atoms with Crippen molar-refractivity contribution < 1.29 is 15.3 Å². The summed E-state index contributed by atoms with van der Waals surface area (Å²) >= 11 is 0. The Bertz CT molecular complexity index is 337. The van der Waals surface area contributed by atoms with Crippen molar-refractivity contribution in [2.45, 2.75) is 18.6 Å². The number of aliphatic hydroxyl groups excluding tert-OH is 3. The average molecular weight is 206 g/mol.